The van der Waals surface area contributed by atoms with Crippen molar-refractivity contribution in [2.75, 3.05) is 18.9 Å². The fourth-order valence-corrected chi connectivity index (χ4v) is 1.49. The van der Waals surface area contributed by atoms with Crippen LogP contribution in [0, 0.1) is 0 Å². The molecule has 0 radical (unpaired) electrons. The Balaban J connectivity index is 0.000000396. The zero-order valence-electron chi connectivity index (χ0n) is 8.70. The summed E-state index contributed by atoms with van der Waals surface area (Å²) in [7, 11) is 1.94. The molecule has 1 aliphatic rings. The molecular weight excluding hydrogens is 162 g/mol. The lowest BCUT2D eigenvalue weighted by atomic mass is 10.1. The lowest BCUT2D eigenvalue weighted by Crippen LogP contribution is -2.22. The van der Waals surface area contributed by atoms with E-state index in [1.54, 1.807) is 0 Å². The quantitative estimate of drug-likeness (QED) is 0.617. The van der Waals surface area contributed by atoms with Crippen LogP contribution in [0.15, 0.2) is 6.07 Å². The number of nitrogens with one attached hydrogen (secondary N) is 3. The van der Waals surface area contributed by atoms with E-state index in [1.807, 2.05) is 20.9 Å². The summed E-state index contributed by atoms with van der Waals surface area (Å²) in [6, 6.07) is 2.17. The number of fused-ring (bicyclic) bond motifs is 1. The minimum Gasteiger partial charge on any atom is -0.375 e. The van der Waals surface area contributed by atoms with Gasteiger partial charge in [-0.05, 0) is 11.6 Å². The number of anilines is 1. The summed E-state index contributed by atoms with van der Waals surface area (Å²) >= 11 is 0. The topological polar surface area (TPSA) is 39.9 Å². The van der Waals surface area contributed by atoms with Crippen LogP contribution in [0.2, 0.25) is 0 Å². The van der Waals surface area contributed by atoms with Crippen molar-refractivity contribution in [3.8, 4) is 0 Å². The first kappa shape index (κ1) is 10.1. The lowest BCUT2D eigenvalue weighted by molar-refractivity contribution is 0.638. The van der Waals surface area contributed by atoms with E-state index >= 15 is 0 Å². The van der Waals surface area contributed by atoms with Crippen molar-refractivity contribution < 1.29 is 0 Å². The van der Waals surface area contributed by atoms with Gasteiger partial charge in [0.1, 0.15) is 5.82 Å². The Kier molecular flexibility index (Phi) is 3.83. The van der Waals surface area contributed by atoms with Crippen molar-refractivity contribution in [1.29, 1.82) is 0 Å². The third-order valence-electron chi connectivity index (χ3n) is 2.13. The molecule has 2 heterocycles. The Morgan fingerprint density at radius 2 is 2.15 bits per heavy atom. The molecule has 1 aliphatic heterocycles. The van der Waals surface area contributed by atoms with E-state index < -0.39 is 0 Å². The van der Waals surface area contributed by atoms with Crippen molar-refractivity contribution in [3.63, 3.8) is 0 Å². The van der Waals surface area contributed by atoms with Gasteiger partial charge in [-0.3, -0.25) is 0 Å². The first-order valence-electron chi connectivity index (χ1n) is 4.99. The Hall–Kier alpha value is -0.960. The van der Waals surface area contributed by atoms with Crippen molar-refractivity contribution in [2.45, 2.75) is 26.8 Å². The van der Waals surface area contributed by atoms with Gasteiger partial charge in [-0.15, -0.1) is 0 Å². The molecule has 0 bridgehead atoms. The van der Waals surface area contributed by atoms with Crippen LogP contribution in [0.1, 0.15) is 25.1 Å². The summed E-state index contributed by atoms with van der Waals surface area (Å²) in [5.74, 6) is 1.12. The van der Waals surface area contributed by atoms with Crippen LogP contribution in [-0.2, 0) is 13.0 Å². The smallest absolute Gasteiger partial charge is 0.103 e. The molecular formula is C10H19N3. The number of aromatic amines is 1. The molecule has 3 N–H and O–H groups in total. The summed E-state index contributed by atoms with van der Waals surface area (Å²) in [6.07, 6.45) is 1.12. The predicted octanol–water partition coefficient (Wildman–Crippen LogP) is 1.73. The van der Waals surface area contributed by atoms with Crippen LogP contribution < -0.4 is 10.6 Å². The molecule has 0 atom stereocenters. The fourth-order valence-electron chi connectivity index (χ4n) is 1.49. The molecule has 0 saturated heterocycles. The van der Waals surface area contributed by atoms with Crippen molar-refractivity contribution in [2.24, 2.45) is 0 Å². The summed E-state index contributed by atoms with van der Waals surface area (Å²) in [5.41, 5.74) is 2.79. The van der Waals surface area contributed by atoms with Gasteiger partial charge in [0.15, 0.2) is 0 Å². The van der Waals surface area contributed by atoms with Crippen LogP contribution in [0.5, 0.6) is 0 Å². The van der Waals surface area contributed by atoms with E-state index in [9.17, 15) is 0 Å². The van der Waals surface area contributed by atoms with Crippen LogP contribution in [0.3, 0.4) is 0 Å². The van der Waals surface area contributed by atoms with Crippen molar-refractivity contribution >= 4 is 5.82 Å². The Morgan fingerprint density at radius 1 is 1.38 bits per heavy atom. The highest BCUT2D eigenvalue weighted by Crippen LogP contribution is 2.17. The molecule has 0 fully saturated rings. The first-order valence-corrected chi connectivity index (χ1v) is 4.99. The van der Waals surface area contributed by atoms with Gasteiger partial charge in [0, 0.05) is 32.3 Å². The maximum absolute atomic E-state index is 3.33. The average Bonchev–Trinajstić information content (AvgIpc) is 2.63. The molecule has 0 aromatic carbocycles. The number of H-pyrrole nitrogens is 1. The molecule has 1 aromatic heterocycles. The number of rotatable bonds is 1. The van der Waals surface area contributed by atoms with Gasteiger partial charge in [-0.25, -0.2) is 0 Å². The van der Waals surface area contributed by atoms with E-state index in [-0.39, 0.29) is 0 Å². The van der Waals surface area contributed by atoms with Crippen LogP contribution in [0.25, 0.3) is 0 Å². The SMILES string of the molecule is CC.CNc1cc2c([nH]1)CCNC2. The standard InChI is InChI=1S/C8H13N3.C2H6/c1-9-8-4-6-5-10-3-2-7(6)11-8;1-2/h4,9-11H,2-3,5H2,1H3;1-2H3. The maximum Gasteiger partial charge on any atom is 0.103 e. The van der Waals surface area contributed by atoms with E-state index in [0.29, 0.717) is 0 Å². The zero-order chi connectivity index (χ0) is 9.68. The molecule has 2 rings (SSSR count). The van der Waals surface area contributed by atoms with Crippen LogP contribution >= 0.6 is 0 Å². The van der Waals surface area contributed by atoms with Gasteiger partial charge >= 0.3 is 0 Å². The fraction of sp³-hybridized carbons (Fsp3) is 0.600. The minimum absolute atomic E-state index is 1.01. The number of hydrogen-bond donors (Lipinski definition) is 3. The highest BCUT2D eigenvalue weighted by Gasteiger charge is 2.10. The normalized spacial score (nSPS) is 14.1. The second-order valence-corrected chi connectivity index (χ2v) is 2.86. The molecule has 0 amide bonds. The van der Waals surface area contributed by atoms with E-state index in [0.717, 1.165) is 25.3 Å². The van der Waals surface area contributed by atoms with Gasteiger partial charge < -0.3 is 15.6 Å². The highest BCUT2D eigenvalue weighted by molar-refractivity contribution is 5.43. The Morgan fingerprint density at radius 3 is 2.77 bits per heavy atom. The van der Waals surface area contributed by atoms with Gasteiger partial charge in [-0.1, -0.05) is 13.8 Å². The molecule has 3 nitrogen and oxygen atoms in total. The third-order valence-corrected chi connectivity index (χ3v) is 2.13. The first-order chi connectivity index (χ1) is 6.40. The largest absolute Gasteiger partial charge is 0.375 e. The van der Waals surface area contributed by atoms with Gasteiger partial charge in [0.25, 0.3) is 0 Å². The minimum atomic E-state index is 1.01. The molecule has 0 aliphatic carbocycles. The molecule has 74 valence electrons. The van der Waals surface area contributed by atoms with Crippen LogP contribution in [-0.4, -0.2) is 18.6 Å². The van der Waals surface area contributed by atoms with E-state index in [4.69, 9.17) is 0 Å². The van der Waals surface area contributed by atoms with Gasteiger partial charge in [0.2, 0.25) is 0 Å². The summed E-state index contributed by atoms with van der Waals surface area (Å²) in [4.78, 5) is 3.33. The Bertz CT molecular complexity index is 229. The molecule has 0 unspecified atom stereocenters. The molecule has 13 heavy (non-hydrogen) atoms. The highest BCUT2D eigenvalue weighted by atomic mass is 15.0. The Labute approximate surface area is 79.9 Å². The maximum atomic E-state index is 3.33. The number of aromatic nitrogens is 1. The molecule has 0 spiro atoms. The third kappa shape index (κ3) is 2.25. The van der Waals surface area contributed by atoms with Gasteiger partial charge in [0.05, 0.1) is 0 Å². The van der Waals surface area contributed by atoms with Crippen molar-refractivity contribution in [3.05, 3.63) is 17.3 Å². The average molecular weight is 181 g/mol. The van der Waals surface area contributed by atoms with Crippen molar-refractivity contribution in [1.82, 2.24) is 10.3 Å². The summed E-state index contributed by atoms with van der Waals surface area (Å²) in [5, 5.41) is 6.43. The second kappa shape index (κ2) is 4.92. The van der Waals surface area contributed by atoms with E-state index in [2.05, 4.69) is 21.7 Å². The van der Waals surface area contributed by atoms with E-state index in [1.165, 1.54) is 11.3 Å². The predicted molar refractivity (Wildman–Crippen MR) is 57.1 cm³/mol. The lowest BCUT2D eigenvalue weighted by Gasteiger charge is -2.11. The van der Waals surface area contributed by atoms with Crippen LogP contribution in [0.4, 0.5) is 5.82 Å². The zero-order valence-corrected chi connectivity index (χ0v) is 8.70. The van der Waals surface area contributed by atoms with Gasteiger partial charge in [-0.2, -0.15) is 0 Å². The number of hydrogen-bond acceptors (Lipinski definition) is 2. The monoisotopic (exact) mass is 181 g/mol. The molecule has 1 aromatic rings. The molecule has 0 saturated carbocycles. The molecule has 3 heteroatoms. The second-order valence-electron chi connectivity index (χ2n) is 2.86. The summed E-state index contributed by atoms with van der Waals surface area (Å²) < 4.78 is 0. The summed E-state index contributed by atoms with van der Waals surface area (Å²) in [6.45, 7) is 6.10.